The number of rotatable bonds is 13. The standard InChI is InChI=1S/C26H33N3O8/c1-15(2)9-21(22(33)28-26(12-30,13-31)14-32)27-20(25(36)37)7-8-29-23(34)18-10-16-5-3-4-6-17(16)11-19(18)24(29)35/h3-6,10-11,15,20-21,27,30-32H,7-9,12-14H2,1-2H3,(H,28,33)(H,36,37)/t20-,21+/m1/s1. The number of carboxylic acid groups (broad SMARTS) is 1. The summed E-state index contributed by atoms with van der Waals surface area (Å²) in [7, 11) is 0. The van der Waals surface area contributed by atoms with Gasteiger partial charge in [0.15, 0.2) is 0 Å². The molecule has 200 valence electrons. The normalized spacial score (nSPS) is 15.2. The van der Waals surface area contributed by atoms with Crippen LogP contribution in [0.25, 0.3) is 10.8 Å². The van der Waals surface area contributed by atoms with Crippen molar-refractivity contribution in [2.24, 2.45) is 5.92 Å². The number of fused-ring (bicyclic) bond motifs is 2. The Bertz CT molecular complexity index is 1110. The lowest BCUT2D eigenvalue weighted by Crippen LogP contribution is -2.62. The monoisotopic (exact) mass is 515 g/mol. The quantitative estimate of drug-likeness (QED) is 0.202. The van der Waals surface area contributed by atoms with Crippen molar-refractivity contribution in [3.8, 4) is 0 Å². The Labute approximate surface area is 214 Å². The van der Waals surface area contributed by atoms with E-state index in [-0.39, 0.29) is 36.4 Å². The summed E-state index contributed by atoms with van der Waals surface area (Å²) in [4.78, 5) is 51.9. The maximum absolute atomic E-state index is 13.0. The summed E-state index contributed by atoms with van der Waals surface area (Å²) in [5, 5.41) is 45.2. The first-order chi connectivity index (χ1) is 17.6. The van der Waals surface area contributed by atoms with Crippen molar-refractivity contribution in [3.05, 3.63) is 47.5 Å². The number of nitrogens with one attached hydrogen (secondary N) is 2. The molecule has 0 bridgehead atoms. The highest BCUT2D eigenvalue weighted by Gasteiger charge is 2.38. The molecule has 0 fully saturated rings. The Hall–Kier alpha value is -3.38. The number of carboxylic acids is 1. The Balaban J connectivity index is 1.75. The first kappa shape index (κ1) is 28.2. The molecule has 2 aromatic rings. The van der Waals surface area contributed by atoms with E-state index in [0.29, 0.717) is 0 Å². The summed E-state index contributed by atoms with van der Waals surface area (Å²) in [6.07, 6.45) is 0.0565. The van der Waals surface area contributed by atoms with Gasteiger partial charge in [0, 0.05) is 6.54 Å². The van der Waals surface area contributed by atoms with Gasteiger partial charge in [0.2, 0.25) is 5.91 Å². The smallest absolute Gasteiger partial charge is 0.320 e. The first-order valence-corrected chi connectivity index (χ1v) is 12.1. The van der Waals surface area contributed by atoms with E-state index in [1.807, 2.05) is 38.1 Å². The molecule has 0 aliphatic carbocycles. The Morgan fingerprint density at radius 2 is 1.43 bits per heavy atom. The third-order valence-corrected chi connectivity index (χ3v) is 6.50. The Kier molecular flexibility index (Phi) is 8.98. The molecule has 11 heteroatoms. The molecular weight excluding hydrogens is 482 g/mol. The molecule has 3 rings (SSSR count). The van der Waals surface area contributed by atoms with Gasteiger partial charge in [-0.15, -0.1) is 0 Å². The first-order valence-electron chi connectivity index (χ1n) is 12.1. The number of nitrogens with zero attached hydrogens (tertiary/aromatic N) is 1. The minimum atomic E-state index is -1.67. The highest BCUT2D eigenvalue weighted by Crippen LogP contribution is 2.28. The van der Waals surface area contributed by atoms with Crippen molar-refractivity contribution in [1.82, 2.24) is 15.5 Å². The minimum Gasteiger partial charge on any atom is -0.480 e. The van der Waals surface area contributed by atoms with E-state index in [4.69, 9.17) is 0 Å². The van der Waals surface area contributed by atoms with E-state index in [1.165, 1.54) is 0 Å². The molecule has 2 aromatic carbocycles. The number of hydrogen-bond acceptors (Lipinski definition) is 8. The number of carbonyl (C=O) groups is 4. The van der Waals surface area contributed by atoms with E-state index >= 15 is 0 Å². The van der Waals surface area contributed by atoms with Crippen LogP contribution in [0.2, 0.25) is 0 Å². The van der Waals surface area contributed by atoms with Crippen LogP contribution in [0.3, 0.4) is 0 Å². The number of hydrogen-bond donors (Lipinski definition) is 6. The number of amides is 3. The zero-order chi connectivity index (χ0) is 27.3. The van der Waals surface area contributed by atoms with Crippen LogP contribution in [0.4, 0.5) is 0 Å². The summed E-state index contributed by atoms with van der Waals surface area (Å²) >= 11 is 0. The molecule has 6 N–H and O–H groups in total. The van der Waals surface area contributed by atoms with Crippen LogP contribution in [0.1, 0.15) is 47.4 Å². The lowest BCUT2D eigenvalue weighted by Gasteiger charge is -2.32. The minimum absolute atomic E-state index is 0.0326. The zero-order valence-corrected chi connectivity index (χ0v) is 20.8. The molecule has 0 spiro atoms. The molecule has 0 unspecified atom stereocenters. The summed E-state index contributed by atoms with van der Waals surface area (Å²) < 4.78 is 0. The summed E-state index contributed by atoms with van der Waals surface area (Å²) in [5.41, 5.74) is -1.15. The molecule has 37 heavy (non-hydrogen) atoms. The van der Waals surface area contributed by atoms with Crippen LogP contribution in [-0.4, -0.2) is 93.0 Å². The van der Waals surface area contributed by atoms with E-state index in [2.05, 4.69) is 10.6 Å². The van der Waals surface area contributed by atoms with Gasteiger partial charge < -0.3 is 25.7 Å². The molecule has 2 atom stereocenters. The van der Waals surface area contributed by atoms with Gasteiger partial charge in [-0.2, -0.15) is 0 Å². The Morgan fingerprint density at radius 3 is 1.86 bits per heavy atom. The second-order valence-electron chi connectivity index (χ2n) is 9.78. The van der Waals surface area contributed by atoms with Crippen molar-refractivity contribution in [2.45, 2.75) is 44.3 Å². The third-order valence-electron chi connectivity index (χ3n) is 6.50. The zero-order valence-electron chi connectivity index (χ0n) is 20.8. The SMILES string of the molecule is CC(C)C[C@H](N[C@H](CCN1C(=O)c2cc3ccccc3cc2C1=O)C(=O)O)C(=O)NC(CO)(CO)CO. The highest BCUT2D eigenvalue weighted by molar-refractivity contribution is 6.23. The van der Waals surface area contributed by atoms with Crippen molar-refractivity contribution < 1.29 is 39.6 Å². The maximum Gasteiger partial charge on any atom is 0.320 e. The molecule has 3 amide bonds. The molecule has 0 saturated carbocycles. The second kappa shape index (κ2) is 11.8. The van der Waals surface area contributed by atoms with Crippen LogP contribution >= 0.6 is 0 Å². The average molecular weight is 516 g/mol. The average Bonchev–Trinajstić information content (AvgIpc) is 3.11. The second-order valence-corrected chi connectivity index (χ2v) is 9.78. The number of aliphatic carboxylic acids is 1. The number of aliphatic hydroxyl groups excluding tert-OH is 3. The summed E-state index contributed by atoms with van der Waals surface area (Å²) in [5.74, 6) is -3.03. The lowest BCUT2D eigenvalue weighted by atomic mass is 9.98. The van der Waals surface area contributed by atoms with E-state index < -0.39 is 61.1 Å². The van der Waals surface area contributed by atoms with Crippen LogP contribution in [0, 0.1) is 5.92 Å². The number of benzene rings is 2. The van der Waals surface area contributed by atoms with Gasteiger partial charge in [0.05, 0.1) is 37.0 Å². The molecule has 0 aromatic heterocycles. The molecule has 0 radical (unpaired) electrons. The molecule has 1 aliphatic rings. The van der Waals surface area contributed by atoms with Crippen LogP contribution in [0.15, 0.2) is 36.4 Å². The number of carbonyl (C=O) groups excluding carboxylic acids is 3. The lowest BCUT2D eigenvalue weighted by molar-refractivity contribution is -0.140. The number of aliphatic hydroxyl groups is 3. The van der Waals surface area contributed by atoms with Gasteiger partial charge in [0.1, 0.15) is 11.6 Å². The van der Waals surface area contributed by atoms with E-state index in [0.717, 1.165) is 15.7 Å². The van der Waals surface area contributed by atoms with Gasteiger partial charge >= 0.3 is 5.97 Å². The van der Waals surface area contributed by atoms with Gasteiger partial charge in [0.25, 0.3) is 11.8 Å². The van der Waals surface area contributed by atoms with Crippen molar-refractivity contribution in [1.29, 1.82) is 0 Å². The van der Waals surface area contributed by atoms with Crippen LogP contribution in [-0.2, 0) is 9.59 Å². The van der Waals surface area contributed by atoms with E-state index in [9.17, 15) is 39.6 Å². The fourth-order valence-electron chi connectivity index (χ4n) is 4.30. The molecule has 11 nitrogen and oxygen atoms in total. The maximum atomic E-state index is 13.0. The molecule has 0 saturated heterocycles. The Morgan fingerprint density at radius 1 is 0.919 bits per heavy atom. The fourth-order valence-corrected chi connectivity index (χ4v) is 4.30. The molecule has 1 heterocycles. The van der Waals surface area contributed by atoms with Gasteiger partial charge in [-0.3, -0.25) is 29.4 Å². The van der Waals surface area contributed by atoms with Crippen molar-refractivity contribution in [3.63, 3.8) is 0 Å². The van der Waals surface area contributed by atoms with Crippen molar-refractivity contribution >= 4 is 34.5 Å². The van der Waals surface area contributed by atoms with Crippen molar-refractivity contribution in [2.75, 3.05) is 26.4 Å². The van der Waals surface area contributed by atoms with Gasteiger partial charge in [-0.1, -0.05) is 38.1 Å². The molecule has 1 aliphatic heterocycles. The largest absolute Gasteiger partial charge is 0.480 e. The van der Waals surface area contributed by atoms with Crippen LogP contribution < -0.4 is 10.6 Å². The third kappa shape index (κ3) is 6.13. The van der Waals surface area contributed by atoms with Crippen LogP contribution in [0.5, 0.6) is 0 Å². The predicted octanol–water partition coefficient (Wildman–Crippen LogP) is 0.115. The summed E-state index contributed by atoms with van der Waals surface area (Å²) in [6, 6.07) is 8.28. The van der Waals surface area contributed by atoms with Gasteiger partial charge in [-0.05, 0) is 41.7 Å². The topological polar surface area (TPSA) is 176 Å². The summed E-state index contributed by atoms with van der Waals surface area (Å²) in [6.45, 7) is 1.30. The number of imide groups is 1. The van der Waals surface area contributed by atoms with Gasteiger partial charge in [-0.25, -0.2) is 0 Å². The predicted molar refractivity (Wildman–Crippen MR) is 134 cm³/mol. The highest BCUT2D eigenvalue weighted by atomic mass is 16.4. The fraction of sp³-hybridized carbons (Fsp3) is 0.462. The molecular formula is C26H33N3O8. The van der Waals surface area contributed by atoms with E-state index in [1.54, 1.807) is 12.1 Å².